The molecule has 0 N–H and O–H groups in total. The molecule has 2 aromatic carbocycles. The van der Waals surface area contributed by atoms with Gasteiger partial charge in [0.15, 0.2) is 0 Å². The Balaban J connectivity index is 1.92. The third-order valence-corrected chi connectivity index (χ3v) is 3.24. The Kier molecular flexibility index (Phi) is 6.37. The maximum absolute atomic E-state index is 12.4. The molecule has 0 fully saturated rings. The van der Waals surface area contributed by atoms with E-state index in [0.29, 0.717) is 11.1 Å². The van der Waals surface area contributed by atoms with E-state index in [0.717, 1.165) is 0 Å². The van der Waals surface area contributed by atoms with Crippen molar-refractivity contribution in [3.05, 3.63) is 71.8 Å². The maximum Gasteiger partial charge on any atom is 0.411 e. The minimum atomic E-state index is -4.41. The maximum atomic E-state index is 12.4. The van der Waals surface area contributed by atoms with Gasteiger partial charge in [-0.2, -0.15) is 13.2 Å². The van der Waals surface area contributed by atoms with Crippen molar-refractivity contribution in [1.82, 2.24) is 0 Å². The van der Waals surface area contributed by atoms with E-state index < -0.39 is 24.9 Å². The predicted octanol–water partition coefficient (Wildman–Crippen LogP) is 4.55. The lowest BCUT2D eigenvalue weighted by Crippen LogP contribution is -2.20. The van der Waals surface area contributed by atoms with Crippen molar-refractivity contribution >= 4 is 5.97 Å². The van der Waals surface area contributed by atoms with Crippen LogP contribution in [-0.4, -0.2) is 25.4 Å². The number of hydrogen-bond donors (Lipinski definition) is 0. The summed E-state index contributed by atoms with van der Waals surface area (Å²) < 4.78 is 47.3. The van der Waals surface area contributed by atoms with Gasteiger partial charge in [-0.3, -0.25) is 0 Å². The first-order chi connectivity index (χ1) is 11.5. The van der Waals surface area contributed by atoms with Crippen molar-refractivity contribution in [3.8, 4) is 0 Å². The second-order valence-corrected chi connectivity index (χ2v) is 5.12. The quantitative estimate of drug-likeness (QED) is 0.695. The van der Waals surface area contributed by atoms with Crippen LogP contribution in [0.25, 0.3) is 0 Å². The van der Waals surface area contributed by atoms with E-state index in [-0.39, 0.29) is 13.0 Å². The molecule has 0 aromatic heterocycles. The van der Waals surface area contributed by atoms with Gasteiger partial charge in [0.2, 0.25) is 0 Å². The van der Waals surface area contributed by atoms with Crippen LogP contribution in [0.3, 0.4) is 0 Å². The molecule has 128 valence electrons. The molecule has 0 saturated carbocycles. The molecule has 1 unspecified atom stereocenters. The van der Waals surface area contributed by atoms with Gasteiger partial charge in [-0.25, -0.2) is 4.79 Å². The summed E-state index contributed by atoms with van der Waals surface area (Å²) in [6, 6.07) is 17.0. The number of carbonyl (C=O) groups excluding carboxylic acids is 1. The molecular weight excluding hydrogens is 321 g/mol. The van der Waals surface area contributed by atoms with E-state index in [1.54, 1.807) is 60.7 Å². The van der Waals surface area contributed by atoms with Crippen LogP contribution < -0.4 is 0 Å². The normalized spacial score (nSPS) is 12.6. The number of alkyl halides is 3. The average molecular weight is 338 g/mol. The Morgan fingerprint density at radius 3 is 2.12 bits per heavy atom. The number of ether oxygens (including phenoxy) is 2. The van der Waals surface area contributed by atoms with Crippen molar-refractivity contribution in [2.24, 2.45) is 0 Å². The number of benzene rings is 2. The Morgan fingerprint density at radius 2 is 1.54 bits per heavy atom. The van der Waals surface area contributed by atoms with Crippen LogP contribution in [0.5, 0.6) is 0 Å². The van der Waals surface area contributed by atoms with Gasteiger partial charge in [-0.05, 0) is 17.7 Å². The first-order valence-electron chi connectivity index (χ1n) is 7.41. The molecule has 0 saturated heterocycles. The van der Waals surface area contributed by atoms with Gasteiger partial charge >= 0.3 is 12.1 Å². The number of esters is 1. The van der Waals surface area contributed by atoms with E-state index >= 15 is 0 Å². The summed E-state index contributed by atoms with van der Waals surface area (Å²) in [6.07, 6.45) is -5.07. The summed E-state index contributed by atoms with van der Waals surface area (Å²) >= 11 is 0. The highest BCUT2D eigenvalue weighted by Gasteiger charge is 2.29. The number of hydrogen-bond acceptors (Lipinski definition) is 3. The van der Waals surface area contributed by atoms with Gasteiger partial charge in [-0.1, -0.05) is 48.5 Å². The molecule has 24 heavy (non-hydrogen) atoms. The molecule has 2 aromatic rings. The Bertz CT molecular complexity index is 627. The SMILES string of the molecule is O=C(OCCC(OCC(F)(F)F)c1ccccc1)c1ccccc1. The topological polar surface area (TPSA) is 35.5 Å². The number of carbonyl (C=O) groups is 1. The summed E-state index contributed by atoms with van der Waals surface area (Å²) in [5, 5.41) is 0. The fourth-order valence-electron chi connectivity index (χ4n) is 2.13. The van der Waals surface area contributed by atoms with Gasteiger partial charge in [0, 0.05) is 6.42 Å². The smallest absolute Gasteiger partial charge is 0.411 e. The molecule has 6 heteroatoms. The third kappa shape index (κ3) is 6.04. The Hall–Kier alpha value is -2.34. The zero-order valence-corrected chi connectivity index (χ0v) is 12.8. The Morgan fingerprint density at radius 1 is 0.958 bits per heavy atom. The number of halogens is 3. The molecule has 0 bridgehead atoms. The summed E-state index contributed by atoms with van der Waals surface area (Å²) in [5.41, 5.74) is 1.00. The zero-order chi connectivity index (χ0) is 17.4. The van der Waals surface area contributed by atoms with Crippen molar-refractivity contribution in [2.75, 3.05) is 13.2 Å². The van der Waals surface area contributed by atoms with Crippen LogP contribution in [-0.2, 0) is 9.47 Å². The molecule has 1 atom stereocenters. The summed E-state index contributed by atoms with van der Waals surface area (Å²) in [6.45, 7) is -1.38. The highest BCUT2D eigenvalue weighted by Crippen LogP contribution is 2.25. The highest BCUT2D eigenvalue weighted by atomic mass is 19.4. The molecule has 0 aliphatic heterocycles. The summed E-state index contributed by atoms with van der Waals surface area (Å²) in [4.78, 5) is 11.8. The lowest BCUT2D eigenvalue weighted by atomic mass is 10.1. The van der Waals surface area contributed by atoms with Crippen LogP contribution >= 0.6 is 0 Å². The van der Waals surface area contributed by atoms with E-state index in [4.69, 9.17) is 9.47 Å². The minimum Gasteiger partial charge on any atom is -0.462 e. The first-order valence-corrected chi connectivity index (χ1v) is 7.41. The second-order valence-electron chi connectivity index (χ2n) is 5.12. The molecule has 0 spiro atoms. The fourth-order valence-corrected chi connectivity index (χ4v) is 2.13. The van der Waals surface area contributed by atoms with Gasteiger partial charge in [-0.15, -0.1) is 0 Å². The average Bonchev–Trinajstić information content (AvgIpc) is 2.58. The molecule has 0 radical (unpaired) electrons. The summed E-state index contributed by atoms with van der Waals surface area (Å²) in [7, 11) is 0. The van der Waals surface area contributed by atoms with Gasteiger partial charge in [0.25, 0.3) is 0 Å². The Labute approximate surface area is 138 Å². The van der Waals surface area contributed by atoms with Crippen molar-refractivity contribution < 1.29 is 27.4 Å². The molecule has 0 aliphatic rings. The molecule has 0 aliphatic carbocycles. The lowest BCUT2D eigenvalue weighted by molar-refractivity contribution is -0.187. The molecule has 3 nitrogen and oxygen atoms in total. The van der Waals surface area contributed by atoms with E-state index in [1.807, 2.05) is 0 Å². The fraction of sp³-hybridized carbons (Fsp3) is 0.278. The van der Waals surface area contributed by atoms with Crippen molar-refractivity contribution in [3.63, 3.8) is 0 Å². The zero-order valence-electron chi connectivity index (χ0n) is 12.8. The highest BCUT2D eigenvalue weighted by molar-refractivity contribution is 5.89. The van der Waals surface area contributed by atoms with Crippen LogP contribution in [0.2, 0.25) is 0 Å². The van der Waals surface area contributed by atoms with Crippen LogP contribution in [0.15, 0.2) is 60.7 Å². The first kappa shape index (κ1) is 18.0. The lowest BCUT2D eigenvalue weighted by Gasteiger charge is -2.19. The molecule has 0 heterocycles. The van der Waals surface area contributed by atoms with Crippen molar-refractivity contribution in [2.45, 2.75) is 18.7 Å². The second kappa shape index (κ2) is 8.49. The molecule has 0 amide bonds. The van der Waals surface area contributed by atoms with Crippen LogP contribution in [0.4, 0.5) is 13.2 Å². The monoisotopic (exact) mass is 338 g/mol. The van der Waals surface area contributed by atoms with Gasteiger partial charge in [0.05, 0.1) is 18.3 Å². The van der Waals surface area contributed by atoms with Crippen LogP contribution in [0, 0.1) is 0 Å². The standard InChI is InChI=1S/C18H17F3O3/c19-18(20,21)13-24-16(14-7-3-1-4-8-14)11-12-23-17(22)15-9-5-2-6-10-15/h1-10,16H,11-13H2. The van der Waals surface area contributed by atoms with Gasteiger partial charge in [0.1, 0.15) is 6.61 Å². The molecular formula is C18H17F3O3. The van der Waals surface area contributed by atoms with Crippen molar-refractivity contribution in [1.29, 1.82) is 0 Å². The minimum absolute atomic E-state index is 0.0366. The van der Waals surface area contributed by atoms with Gasteiger partial charge < -0.3 is 9.47 Å². The summed E-state index contributed by atoms with van der Waals surface area (Å²) in [5.74, 6) is -0.516. The van der Waals surface area contributed by atoms with E-state index in [2.05, 4.69) is 0 Å². The molecule has 2 rings (SSSR count). The largest absolute Gasteiger partial charge is 0.462 e. The van der Waals surface area contributed by atoms with Crippen LogP contribution in [0.1, 0.15) is 28.4 Å². The predicted molar refractivity (Wildman–Crippen MR) is 82.5 cm³/mol. The van der Waals surface area contributed by atoms with E-state index in [1.165, 1.54) is 0 Å². The third-order valence-electron chi connectivity index (χ3n) is 3.24. The van der Waals surface area contributed by atoms with E-state index in [9.17, 15) is 18.0 Å². The number of rotatable bonds is 7.